The summed E-state index contributed by atoms with van der Waals surface area (Å²) in [6.45, 7) is 6.44. The van der Waals surface area contributed by atoms with Crippen molar-refractivity contribution in [2.24, 2.45) is 5.92 Å². The number of hydrogen-bond acceptors (Lipinski definition) is 5. The summed E-state index contributed by atoms with van der Waals surface area (Å²) in [6, 6.07) is -0.665. The maximum Gasteiger partial charge on any atom is 0.407 e. The van der Waals surface area contributed by atoms with E-state index in [1.807, 2.05) is 20.8 Å². The van der Waals surface area contributed by atoms with Crippen LogP contribution in [0.5, 0.6) is 0 Å². The Labute approximate surface area is 132 Å². The minimum absolute atomic E-state index is 0.170. The molecule has 22 heavy (non-hydrogen) atoms. The van der Waals surface area contributed by atoms with Gasteiger partial charge in [0, 0.05) is 0 Å². The van der Waals surface area contributed by atoms with E-state index >= 15 is 0 Å². The molecule has 0 aromatic carbocycles. The molecule has 128 valence electrons. The maximum absolute atomic E-state index is 11.9. The van der Waals surface area contributed by atoms with Crippen LogP contribution in [-0.4, -0.2) is 44.0 Å². The third-order valence-corrected chi connectivity index (χ3v) is 3.87. The summed E-state index contributed by atoms with van der Waals surface area (Å²) in [5.41, 5.74) is 0. The monoisotopic (exact) mass is 315 g/mol. The Bertz CT molecular complexity index is 350. The second-order valence-electron chi connectivity index (χ2n) is 6.04. The fourth-order valence-electron chi connectivity index (χ4n) is 2.92. The van der Waals surface area contributed by atoms with Crippen molar-refractivity contribution < 1.29 is 23.8 Å². The molecule has 1 saturated heterocycles. The second-order valence-corrected chi connectivity index (χ2v) is 6.04. The molecule has 0 bridgehead atoms. The number of ether oxygens (including phenoxy) is 3. The number of methoxy groups -OCH3 is 1. The average molecular weight is 315 g/mol. The van der Waals surface area contributed by atoms with Gasteiger partial charge < -0.3 is 19.5 Å². The number of amides is 1. The first-order valence-corrected chi connectivity index (χ1v) is 8.12. The van der Waals surface area contributed by atoms with E-state index in [9.17, 15) is 9.59 Å². The molecular weight excluding hydrogens is 286 g/mol. The topological polar surface area (TPSA) is 73.9 Å². The van der Waals surface area contributed by atoms with Crippen LogP contribution in [0, 0.1) is 5.92 Å². The van der Waals surface area contributed by atoms with Crippen molar-refractivity contribution in [3.05, 3.63) is 0 Å². The van der Waals surface area contributed by atoms with Crippen LogP contribution in [-0.2, 0) is 19.0 Å². The highest BCUT2D eigenvalue weighted by atomic mass is 16.6. The third-order valence-electron chi connectivity index (χ3n) is 3.87. The first kappa shape index (κ1) is 18.7. The average Bonchev–Trinajstić information content (AvgIpc) is 2.45. The predicted molar refractivity (Wildman–Crippen MR) is 82.5 cm³/mol. The molecule has 1 rings (SSSR count). The van der Waals surface area contributed by atoms with Gasteiger partial charge in [-0.1, -0.05) is 13.3 Å². The van der Waals surface area contributed by atoms with Gasteiger partial charge in [-0.2, -0.15) is 0 Å². The van der Waals surface area contributed by atoms with Crippen LogP contribution in [0.1, 0.15) is 52.9 Å². The first-order chi connectivity index (χ1) is 10.5. The van der Waals surface area contributed by atoms with Gasteiger partial charge in [-0.05, 0) is 45.4 Å². The van der Waals surface area contributed by atoms with E-state index in [1.54, 1.807) is 0 Å². The van der Waals surface area contributed by atoms with Crippen LogP contribution < -0.4 is 5.32 Å². The van der Waals surface area contributed by atoms with E-state index in [2.05, 4.69) is 5.32 Å². The number of rotatable bonds is 7. The molecular formula is C16H29NO5. The highest BCUT2D eigenvalue weighted by Gasteiger charge is 2.31. The predicted octanol–water partition coefficient (Wildman–Crippen LogP) is 2.65. The first-order valence-electron chi connectivity index (χ1n) is 8.12. The van der Waals surface area contributed by atoms with E-state index < -0.39 is 18.1 Å². The fourth-order valence-corrected chi connectivity index (χ4v) is 2.92. The third kappa shape index (κ3) is 6.64. The van der Waals surface area contributed by atoms with Crippen LogP contribution in [0.3, 0.4) is 0 Å². The highest BCUT2D eigenvalue weighted by molar-refractivity contribution is 5.81. The lowest BCUT2D eigenvalue weighted by Gasteiger charge is -2.33. The number of unbranched alkanes of at least 4 members (excludes halogenated alkanes) is 1. The van der Waals surface area contributed by atoms with Crippen LogP contribution >= 0.6 is 0 Å². The summed E-state index contributed by atoms with van der Waals surface area (Å²) in [6.07, 6.45) is 3.85. The van der Waals surface area contributed by atoms with Gasteiger partial charge in [0.15, 0.2) is 0 Å². The number of carbonyl (C=O) groups is 2. The Morgan fingerprint density at radius 1 is 1.27 bits per heavy atom. The van der Waals surface area contributed by atoms with Gasteiger partial charge >= 0.3 is 12.1 Å². The van der Waals surface area contributed by atoms with E-state index in [0.29, 0.717) is 18.9 Å². The molecule has 1 aliphatic rings. The number of carbonyl (C=O) groups excluding carboxylic acids is 2. The lowest BCUT2D eigenvalue weighted by atomic mass is 9.87. The summed E-state index contributed by atoms with van der Waals surface area (Å²) in [5.74, 6) is -0.113. The summed E-state index contributed by atoms with van der Waals surface area (Å²) in [4.78, 5) is 23.6. The Balaban J connectivity index is 2.53. The lowest BCUT2D eigenvalue weighted by molar-refractivity contribution is -0.144. The van der Waals surface area contributed by atoms with Crippen molar-refractivity contribution in [3.8, 4) is 0 Å². The molecule has 0 spiro atoms. The Hall–Kier alpha value is -1.30. The van der Waals surface area contributed by atoms with E-state index in [0.717, 1.165) is 25.7 Å². The minimum atomic E-state index is -0.665. The molecule has 0 aromatic rings. The van der Waals surface area contributed by atoms with Crippen molar-refractivity contribution >= 4 is 12.1 Å². The van der Waals surface area contributed by atoms with Crippen molar-refractivity contribution in [3.63, 3.8) is 0 Å². The molecule has 6 heteroatoms. The van der Waals surface area contributed by atoms with Crippen molar-refractivity contribution in [1.29, 1.82) is 0 Å². The SMILES string of the molecule is CCCCOC(=O)N[C@@H](C[C@H]1C[C@@H](C)O[C@@H](C)C1)C(=O)OC. The van der Waals surface area contributed by atoms with Gasteiger partial charge in [0.1, 0.15) is 6.04 Å². The zero-order chi connectivity index (χ0) is 16.5. The van der Waals surface area contributed by atoms with Crippen molar-refractivity contribution in [2.75, 3.05) is 13.7 Å². The molecule has 0 unspecified atom stereocenters. The molecule has 6 nitrogen and oxygen atoms in total. The number of hydrogen-bond donors (Lipinski definition) is 1. The standard InChI is InChI=1S/C16H29NO5/c1-5-6-7-21-16(19)17-14(15(18)20-4)10-13-8-11(2)22-12(3)9-13/h11-14H,5-10H2,1-4H3,(H,17,19)/t11-,12+,13+,14-/m0/s1. The summed E-state index contributed by atoms with van der Waals surface area (Å²) < 4.78 is 15.6. The van der Waals surface area contributed by atoms with Crippen LogP contribution in [0.25, 0.3) is 0 Å². The van der Waals surface area contributed by atoms with E-state index in [4.69, 9.17) is 14.2 Å². The highest BCUT2D eigenvalue weighted by Crippen LogP contribution is 2.28. The quantitative estimate of drug-likeness (QED) is 0.577. The zero-order valence-corrected chi connectivity index (χ0v) is 14.1. The maximum atomic E-state index is 11.9. The molecule has 0 aromatic heterocycles. The van der Waals surface area contributed by atoms with Gasteiger partial charge in [-0.3, -0.25) is 0 Å². The number of nitrogens with one attached hydrogen (secondary N) is 1. The number of alkyl carbamates (subject to hydrolysis) is 1. The molecule has 1 N–H and O–H groups in total. The second kappa shape index (κ2) is 9.66. The Morgan fingerprint density at radius 3 is 2.45 bits per heavy atom. The summed E-state index contributed by atoms with van der Waals surface area (Å²) >= 11 is 0. The van der Waals surface area contributed by atoms with E-state index in [1.165, 1.54) is 7.11 Å². The molecule has 0 aliphatic carbocycles. The fraction of sp³-hybridized carbons (Fsp3) is 0.875. The largest absolute Gasteiger partial charge is 0.467 e. The lowest BCUT2D eigenvalue weighted by Crippen LogP contribution is -2.44. The normalized spacial score (nSPS) is 26.1. The molecule has 1 fully saturated rings. The molecule has 4 atom stereocenters. The summed E-state index contributed by atoms with van der Waals surface area (Å²) in [7, 11) is 1.33. The Morgan fingerprint density at radius 2 is 1.91 bits per heavy atom. The van der Waals surface area contributed by atoms with E-state index in [-0.39, 0.29) is 12.2 Å². The van der Waals surface area contributed by atoms with Gasteiger partial charge in [0.2, 0.25) is 0 Å². The van der Waals surface area contributed by atoms with Crippen molar-refractivity contribution in [2.45, 2.75) is 71.1 Å². The molecule has 1 amide bonds. The zero-order valence-electron chi connectivity index (χ0n) is 14.1. The molecule has 1 heterocycles. The molecule has 1 aliphatic heterocycles. The van der Waals surface area contributed by atoms with Gasteiger partial charge in [-0.15, -0.1) is 0 Å². The minimum Gasteiger partial charge on any atom is -0.467 e. The molecule has 0 saturated carbocycles. The van der Waals surface area contributed by atoms with Gasteiger partial charge in [0.05, 0.1) is 25.9 Å². The van der Waals surface area contributed by atoms with Gasteiger partial charge in [-0.25, -0.2) is 9.59 Å². The van der Waals surface area contributed by atoms with Crippen LogP contribution in [0.2, 0.25) is 0 Å². The van der Waals surface area contributed by atoms with Gasteiger partial charge in [0.25, 0.3) is 0 Å². The van der Waals surface area contributed by atoms with Crippen LogP contribution in [0.15, 0.2) is 0 Å². The van der Waals surface area contributed by atoms with Crippen molar-refractivity contribution in [1.82, 2.24) is 5.32 Å². The van der Waals surface area contributed by atoms with Crippen LogP contribution in [0.4, 0.5) is 4.79 Å². The molecule has 0 radical (unpaired) electrons. The summed E-state index contributed by atoms with van der Waals surface area (Å²) in [5, 5.41) is 2.63. The number of esters is 1. The Kier molecular flexibility index (Phi) is 8.24. The smallest absolute Gasteiger partial charge is 0.407 e.